The molecule has 17 heavy (non-hydrogen) atoms. The zero-order valence-electron chi connectivity index (χ0n) is 10.1. The Morgan fingerprint density at radius 2 is 2.24 bits per heavy atom. The maximum absolute atomic E-state index is 10.9. The van der Waals surface area contributed by atoms with E-state index in [9.17, 15) is 4.79 Å². The second-order valence-corrected chi connectivity index (χ2v) is 6.22. The molecular formula is C14H18O2S. The molecule has 0 spiro atoms. The molecular weight excluding hydrogens is 232 g/mol. The third-order valence-corrected chi connectivity index (χ3v) is 4.56. The van der Waals surface area contributed by atoms with Crippen molar-refractivity contribution >= 4 is 17.7 Å². The Bertz CT molecular complexity index is 403. The highest BCUT2D eigenvalue weighted by molar-refractivity contribution is 8.00. The number of carboxylic acid groups (broad SMARTS) is 1. The summed E-state index contributed by atoms with van der Waals surface area (Å²) >= 11 is 1.84. The highest BCUT2D eigenvalue weighted by Gasteiger charge is 2.19. The van der Waals surface area contributed by atoms with Crippen LogP contribution in [0.15, 0.2) is 29.2 Å². The average Bonchev–Trinajstić information content (AvgIpc) is 2.29. The fourth-order valence-corrected chi connectivity index (χ4v) is 3.83. The molecule has 1 aromatic rings. The molecule has 0 aliphatic heterocycles. The molecule has 1 aliphatic rings. The van der Waals surface area contributed by atoms with E-state index in [0.29, 0.717) is 10.8 Å². The molecule has 92 valence electrons. The van der Waals surface area contributed by atoms with Gasteiger partial charge >= 0.3 is 5.97 Å². The molecule has 1 saturated carbocycles. The summed E-state index contributed by atoms with van der Waals surface area (Å²) in [5.41, 5.74) is 0.388. The van der Waals surface area contributed by atoms with Crippen LogP contribution in [0.2, 0.25) is 0 Å². The third kappa shape index (κ3) is 3.50. The van der Waals surface area contributed by atoms with Crippen LogP contribution in [-0.4, -0.2) is 16.3 Å². The zero-order chi connectivity index (χ0) is 12.3. The molecule has 0 aromatic heterocycles. The second kappa shape index (κ2) is 5.58. The van der Waals surface area contributed by atoms with Gasteiger partial charge in [0.2, 0.25) is 0 Å². The Labute approximate surface area is 106 Å². The molecule has 2 rings (SSSR count). The van der Waals surface area contributed by atoms with Crippen LogP contribution in [0.4, 0.5) is 0 Å². The van der Waals surface area contributed by atoms with Gasteiger partial charge in [-0.3, -0.25) is 0 Å². The van der Waals surface area contributed by atoms with Crippen LogP contribution in [0.1, 0.15) is 43.0 Å². The van der Waals surface area contributed by atoms with E-state index < -0.39 is 5.97 Å². The van der Waals surface area contributed by atoms with E-state index in [-0.39, 0.29) is 0 Å². The summed E-state index contributed by atoms with van der Waals surface area (Å²) in [6.07, 6.45) is 5.15. The fourth-order valence-electron chi connectivity index (χ4n) is 2.38. The molecule has 0 heterocycles. The molecule has 2 atom stereocenters. The van der Waals surface area contributed by atoms with Gasteiger partial charge in [0.05, 0.1) is 5.56 Å². The van der Waals surface area contributed by atoms with Crippen molar-refractivity contribution in [2.75, 3.05) is 0 Å². The van der Waals surface area contributed by atoms with E-state index in [1.54, 1.807) is 12.1 Å². The predicted molar refractivity (Wildman–Crippen MR) is 70.7 cm³/mol. The summed E-state index contributed by atoms with van der Waals surface area (Å²) in [6, 6.07) is 7.27. The topological polar surface area (TPSA) is 37.3 Å². The number of thioether (sulfide) groups is 1. The summed E-state index contributed by atoms with van der Waals surface area (Å²) in [7, 11) is 0. The number of hydrogen-bond donors (Lipinski definition) is 1. The van der Waals surface area contributed by atoms with Crippen molar-refractivity contribution in [1.29, 1.82) is 0 Å². The highest BCUT2D eigenvalue weighted by atomic mass is 32.2. The predicted octanol–water partition coefficient (Wildman–Crippen LogP) is 4.06. The zero-order valence-corrected chi connectivity index (χ0v) is 10.9. The molecule has 0 amide bonds. The standard InChI is InChI=1S/C14H18O2S/c1-10-4-2-6-12(8-10)17-13-7-3-5-11(9-13)14(15)16/h3,5,7,9-10,12H,2,4,6,8H2,1H3,(H,15,16). The summed E-state index contributed by atoms with van der Waals surface area (Å²) < 4.78 is 0. The summed E-state index contributed by atoms with van der Waals surface area (Å²) in [6.45, 7) is 2.31. The Hall–Kier alpha value is -0.960. The van der Waals surface area contributed by atoms with E-state index in [4.69, 9.17) is 5.11 Å². The lowest BCUT2D eigenvalue weighted by atomic mass is 9.91. The summed E-state index contributed by atoms with van der Waals surface area (Å²) in [5, 5.41) is 9.60. The highest BCUT2D eigenvalue weighted by Crippen LogP contribution is 2.36. The minimum Gasteiger partial charge on any atom is -0.478 e. The van der Waals surface area contributed by atoms with Gasteiger partial charge in [-0.1, -0.05) is 25.8 Å². The Morgan fingerprint density at radius 1 is 1.41 bits per heavy atom. The van der Waals surface area contributed by atoms with Crippen molar-refractivity contribution in [2.45, 2.75) is 42.8 Å². The SMILES string of the molecule is CC1CCCC(Sc2cccc(C(=O)O)c2)C1. The molecule has 0 bridgehead atoms. The van der Waals surface area contributed by atoms with Crippen LogP contribution in [-0.2, 0) is 0 Å². The van der Waals surface area contributed by atoms with Gasteiger partial charge in [0.25, 0.3) is 0 Å². The van der Waals surface area contributed by atoms with E-state index in [2.05, 4.69) is 6.92 Å². The first kappa shape index (κ1) is 12.5. The Kier molecular flexibility index (Phi) is 4.11. The smallest absolute Gasteiger partial charge is 0.335 e. The van der Waals surface area contributed by atoms with Crippen molar-refractivity contribution in [2.24, 2.45) is 5.92 Å². The molecule has 3 heteroatoms. The molecule has 1 aliphatic carbocycles. The van der Waals surface area contributed by atoms with Gasteiger partial charge in [0.1, 0.15) is 0 Å². The van der Waals surface area contributed by atoms with Gasteiger partial charge in [-0.25, -0.2) is 4.79 Å². The van der Waals surface area contributed by atoms with Crippen molar-refractivity contribution in [1.82, 2.24) is 0 Å². The first-order chi connectivity index (χ1) is 8.15. The van der Waals surface area contributed by atoms with E-state index in [0.717, 1.165) is 10.8 Å². The number of aromatic carboxylic acids is 1. The van der Waals surface area contributed by atoms with Crippen molar-refractivity contribution in [3.05, 3.63) is 29.8 Å². The van der Waals surface area contributed by atoms with Crippen LogP contribution in [0.25, 0.3) is 0 Å². The lowest BCUT2D eigenvalue weighted by molar-refractivity contribution is 0.0696. The van der Waals surface area contributed by atoms with Crippen LogP contribution in [0.5, 0.6) is 0 Å². The van der Waals surface area contributed by atoms with Gasteiger partial charge in [-0.15, -0.1) is 11.8 Å². The number of rotatable bonds is 3. The normalized spacial score (nSPS) is 24.5. The number of carboxylic acids is 1. The van der Waals surface area contributed by atoms with Crippen LogP contribution >= 0.6 is 11.8 Å². The molecule has 2 unspecified atom stereocenters. The maximum Gasteiger partial charge on any atom is 0.335 e. The van der Waals surface area contributed by atoms with Crippen LogP contribution < -0.4 is 0 Å². The van der Waals surface area contributed by atoms with Gasteiger partial charge in [0, 0.05) is 10.1 Å². The number of carbonyl (C=O) groups is 1. The largest absolute Gasteiger partial charge is 0.478 e. The summed E-state index contributed by atoms with van der Waals surface area (Å²) in [5.74, 6) is -0.0339. The van der Waals surface area contributed by atoms with Gasteiger partial charge in [0.15, 0.2) is 0 Å². The molecule has 0 radical (unpaired) electrons. The van der Waals surface area contributed by atoms with Crippen molar-refractivity contribution < 1.29 is 9.90 Å². The Balaban J connectivity index is 2.02. The monoisotopic (exact) mass is 250 g/mol. The first-order valence-electron chi connectivity index (χ1n) is 6.15. The molecule has 2 nitrogen and oxygen atoms in total. The molecule has 1 aromatic carbocycles. The lowest BCUT2D eigenvalue weighted by Crippen LogP contribution is -2.14. The molecule has 0 saturated heterocycles. The van der Waals surface area contributed by atoms with E-state index in [1.807, 2.05) is 23.9 Å². The minimum atomic E-state index is -0.843. The first-order valence-corrected chi connectivity index (χ1v) is 7.03. The van der Waals surface area contributed by atoms with Gasteiger partial charge < -0.3 is 5.11 Å². The number of hydrogen-bond acceptors (Lipinski definition) is 2. The summed E-state index contributed by atoms with van der Waals surface area (Å²) in [4.78, 5) is 12.0. The molecule has 1 fully saturated rings. The van der Waals surface area contributed by atoms with E-state index in [1.165, 1.54) is 25.7 Å². The van der Waals surface area contributed by atoms with Crippen molar-refractivity contribution in [3.63, 3.8) is 0 Å². The van der Waals surface area contributed by atoms with Crippen molar-refractivity contribution in [3.8, 4) is 0 Å². The fraction of sp³-hybridized carbons (Fsp3) is 0.500. The lowest BCUT2D eigenvalue weighted by Gasteiger charge is -2.26. The van der Waals surface area contributed by atoms with Crippen LogP contribution in [0, 0.1) is 5.92 Å². The second-order valence-electron chi connectivity index (χ2n) is 4.84. The minimum absolute atomic E-state index is 0.388. The average molecular weight is 250 g/mol. The maximum atomic E-state index is 10.9. The third-order valence-electron chi connectivity index (χ3n) is 3.27. The number of benzene rings is 1. The quantitative estimate of drug-likeness (QED) is 0.879. The van der Waals surface area contributed by atoms with E-state index >= 15 is 0 Å². The van der Waals surface area contributed by atoms with Gasteiger partial charge in [-0.2, -0.15) is 0 Å². The van der Waals surface area contributed by atoms with Gasteiger partial charge in [-0.05, 0) is 37.0 Å². The molecule has 1 N–H and O–H groups in total. The Morgan fingerprint density at radius 3 is 2.94 bits per heavy atom. The van der Waals surface area contributed by atoms with Crippen LogP contribution in [0.3, 0.4) is 0 Å².